The van der Waals surface area contributed by atoms with Crippen LogP contribution in [0.5, 0.6) is 0 Å². The van der Waals surface area contributed by atoms with E-state index >= 15 is 0 Å². The van der Waals surface area contributed by atoms with Crippen molar-refractivity contribution in [2.24, 2.45) is 11.1 Å². The predicted octanol–water partition coefficient (Wildman–Crippen LogP) is 1.27. The molecule has 3 N–H and O–H groups in total. The van der Waals surface area contributed by atoms with Gasteiger partial charge in [0.1, 0.15) is 5.69 Å². The minimum absolute atomic E-state index is 0.103. The van der Waals surface area contributed by atoms with Crippen LogP contribution in [0.3, 0.4) is 0 Å². The zero-order chi connectivity index (χ0) is 12.5. The van der Waals surface area contributed by atoms with Crippen molar-refractivity contribution in [3.05, 3.63) is 34.4 Å². The topological polar surface area (TPSA) is 98.3 Å². The van der Waals surface area contributed by atoms with Crippen LogP contribution in [0.4, 0.5) is 11.4 Å². The molecule has 0 radical (unpaired) electrons. The number of anilines is 1. The molecule has 0 atom stereocenters. The molecule has 17 heavy (non-hydrogen) atoms. The summed E-state index contributed by atoms with van der Waals surface area (Å²) in [6.45, 7) is 0.277. The van der Waals surface area contributed by atoms with E-state index in [1.165, 1.54) is 12.1 Å². The molecule has 0 heterocycles. The number of carbonyl (C=O) groups excluding carboxylic acids is 1. The number of nitro benzene ring substituents is 1. The van der Waals surface area contributed by atoms with Crippen molar-refractivity contribution < 1.29 is 9.72 Å². The third-order valence-corrected chi connectivity index (χ3v) is 3.07. The lowest BCUT2D eigenvalue weighted by Gasteiger charge is -2.12. The Morgan fingerprint density at radius 2 is 2.12 bits per heavy atom. The fourth-order valence-corrected chi connectivity index (χ4v) is 1.67. The van der Waals surface area contributed by atoms with Gasteiger partial charge in [-0.3, -0.25) is 14.9 Å². The van der Waals surface area contributed by atoms with Crippen LogP contribution in [0.15, 0.2) is 24.3 Å². The molecule has 6 nitrogen and oxygen atoms in total. The first-order chi connectivity index (χ1) is 8.09. The number of nitrogens with two attached hydrogens (primary N) is 1. The Bertz CT molecular complexity index is 469. The highest BCUT2D eigenvalue weighted by Crippen LogP contribution is 2.45. The van der Waals surface area contributed by atoms with Gasteiger partial charge in [0.15, 0.2) is 0 Å². The molecule has 0 unspecified atom stereocenters. The van der Waals surface area contributed by atoms with Gasteiger partial charge in [-0.05, 0) is 18.9 Å². The second-order valence-corrected chi connectivity index (χ2v) is 4.21. The summed E-state index contributed by atoms with van der Waals surface area (Å²) in [6, 6.07) is 6.08. The molecule has 1 amide bonds. The van der Waals surface area contributed by atoms with E-state index in [1.807, 2.05) is 0 Å². The Morgan fingerprint density at radius 3 is 2.65 bits per heavy atom. The van der Waals surface area contributed by atoms with E-state index in [4.69, 9.17) is 5.73 Å². The van der Waals surface area contributed by atoms with Crippen LogP contribution in [-0.2, 0) is 4.79 Å². The minimum atomic E-state index is -0.516. The zero-order valence-corrected chi connectivity index (χ0v) is 9.18. The standard InChI is InChI=1S/C11H13N3O3/c12-7-11(5-6-11)10(15)13-8-3-1-2-4-9(8)14(16)17/h1-4H,5-7,12H2,(H,13,15). The van der Waals surface area contributed by atoms with Gasteiger partial charge in [0.25, 0.3) is 5.69 Å². The summed E-state index contributed by atoms with van der Waals surface area (Å²) in [5.74, 6) is -0.227. The van der Waals surface area contributed by atoms with E-state index < -0.39 is 10.3 Å². The third kappa shape index (κ3) is 2.12. The second kappa shape index (κ2) is 4.14. The Morgan fingerprint density at radius 1 is 1.47 bits per heavy atom. The summed E-state index contributed by atoms with van der Waals surface area (Å²) in [5.41, 5.74) is 5.14. The number of nitrogens with zero attached hydrogens (tertiary/aromatic N) is 1. The highest BCUT2D eigenvalue weighted by atomic mass is 16.6. The van der Waals surface area contributed by atoms with Crippen LogP contribution in [0.25, 0.3) is 0 Å². The van der Waals surface area contributed by atoms with Crippen LogP contribution in [-0.4, -0.2) is 17.4 Å². The number of para-hydroxylation sites is 2. The monoisotopic (exact) mass is 235 g/mol. The summed E-state index contributed by atoms with van der Waals surface area (Å²) >= 11 is 0. The summed E-state index contributed by atoms with van der Waals surface area (Å²) in [7, 11) is 0. The van der Waals surface area contributed by atoms with Gasteiger partial charge in [-0.2, -0.15) is 0 Å². The Labute approximate surface area is 98.0 Å². The molecule has 6 heteroatoms. The van der Waals surface area contributed by atoms with Crippen molar-refractivity contribution in [1.29, 1.82) is 0 Å². The fourth-order valence-electron chi connectivity index (χ4n) is 1.67. The van der Waals surface area contributed by atoms with E-state index in [9.17, 15) is 14.9 Å². The average Bonchev–Trinajstić information content (AvgIpc) is 3.10. The zero-order valence-electron chi connectivity index (χ0n) is 9.18. The van der Waals surface area contributed by atoms with Crippen molar-refractivity contribution in [3.63, 3.8) is 0 Å². The average molecular weight is 235 g/mol. The third-order valence-electron chi connectivity index (χ3n) is 3.07. The molecule has 1 aromatic rings. The summed E-state index contributed by atoms with van der Waals surface area (Å²) in [6.07, 6.45) is 1.49. The minimum Gasteiger partial charge on any atom is -0.329 e. The Balaban J connectivity index is 2.19. The maximum atomic E-state index is 11.9. The smallest absolute Gasteiger partial charge is 0.292 e. The van der Waals surface area contributed by atoms with Gasteiger partial charge < -0.3 is 11.1 Å². The first-order valence-corrected chi connectivity index (χ1v) is 5.34. The van der Waals surface area contributed by atoms with Crippen LogP contribution in [0.2, 0.25) is 0 Å². The summed E-state index contributed by atoms with van der Waals surface area (Å²) in [4.78, 5) is 22.1. The van der Waals surface area contributed by atoms with Crippen molar-refractivity contribution in [2.75, 3.05) is 11.9 Å². The lowest BCUT2D eigenvalue weighted by atomic mass is 10.1. The maximum Gasteiger partial charge on any atom is 0.292 e. The van der Waals surface area contributed by atoms with E-state index in [1.54, 1.807) is 12.1 Å². The molecule has 1 aliphatic carbocycles. The fraction of sp³-hybridized carbons (Fsp3) is 0.364. The summed E-state index contributed by atoms with van der Waals surface area (Å²) < 4.78 is 0. The second-order valence-electron chi connectivity index (χ2n) is 4.21. The number of amides is 1. The number of hydrogen-bond donors (Lipinski definition) is 2. The van der Waals surface area contributed by atoms with Crippen LogP contribution >= 0.6 is 0 Å². The molecule has 0 saturated heterocycles. The maximum absolute atomic E-state index is 11.9. The van der Waals surface area contributed by atoms with Gasteiger partial charge in [0.05, 0.1) is 10.3 Å². The van der Waals surface area contributed by atoms with Gasteiger partial charge >= 0.3 is 0 Å². The largest absolute Gasteiger partial charge is 0.329 e. The number of nitro groups is 1. The molecule has 1 fully saturated rings. The number of rotatable bonds is 4. The lowest BCUT2D eigenvalue weighted by molar-refractivity contribution is -0.383. The van der Waals surface area contributed by atoms with E-state index in [0.717, 1.165) is 12.8 Å². The highest BCUT2D eigenvalue weighted by molar-refractivity contribution is 5.98. The summed E-state index contributed by atoms with van der Waals surface area (Å²) in [5, 5.41) is 13.4. The van der Waals surface area contributed by atoms with Crippen molar-refractivity contribution in [1.82, 2.24) is 0 Å². The van der Waals surface area contributed by atoms with E-state index in [-0.39, 0.29) is 23.8 Å². The van der Waals surface area contributed by atoms with Crippen molar-refractivity contribution in [2.45, 2.75) is 12.8 Å². The molecule has 0 aromatic heterocycles. The van der Waals surface area contributed by atoms with Crippen LogP contribution in [0.1, 0.15) is 12.8 Å². The Kier molecular flexibility index (Phi) is 2.81. The number of benzene rings is 1. The number of carbonyl (C=O) groups is 1. The van der Waals surface area contributed by atoms with Crippen LogP contribution < -0.4 is 11.1 Å². The molecule has 0 aliphatic heterocycles. The molecule has 1 saturated carbocycles. The molecular formula is C11H13N3O3. The van der Waals surface area contributed by atoms with E-state index in [2.05, 4.69) is 5.32 Å². The lowest BCUT2D eigenvalue weighted by Crippen LogP contribution is -2.31. The van der Waals surface area contributed by atoms with E-state index in [0.29, 0.717) is 0 Å². The number of nitrogens with one attached hydrogen (secondary N) is 1. The highest BCUT2D eigenvalue weighted by Gasteiger charge is 2.48. The van der Waals surface area contributed by atoms with Crippen molar-refractivity contribution >= 4 is 17.3 Å². The number of hydrogen-bond acceptors (Lipinski definition) is 4. The normalized spacial score (nSPS) is 16.3. The molecular weight excluding hydrogens is 222 g/mol. The SMILES string of the molecule is NCC1(C(=O)Nc2ccccc2[N+](=O)[O-])CC1. The molecule has 90 valence electrons. The van der Waals surface area contributed by atoms with Crippen LogP contribution in [0, 0.1) is 15.5 Å². The first-order valence-electron chi connectivity index (χ1n) is 5.34. The molecule has 0 spiro atoms. The van der Waals surface area contributed by atoms with Gasteiger partial charge in [-0.25, -0.2) is 0 Å². The molecule has 2 rings (SSSR count). The predicted molar refractivity (Wildman–Crippen MR) is 62.4 cm³/mol. The quantitative estimate of drug-likeness (QED) is 0.606. The van der Waals surface area contributed by atoms with Gasteiger partial charge in [-0.15, -0.1) is 0 Å². The first kappa shape index (κ1) is 11.5. The Hall–Kier alpha value is -1.95. The van der Waals surface area contributed by atoms with Gasteiger partial charge in [0, 0.05) is 12.6 Å². The van der Waals surface area contributed by atoms with Gasteiger partial charge in [0.2, 0.25) is 5.91 Å². The van der Waals surface area contributed by atoms with Gasteiger partial charge in [-0.1, -0.05) is 12.1 Å². The molecule has 1 aromatic carbocycles. The van der Waals surface area contributed by atoms with Crippen molar-refractivity contribution in [3.8, 4) is 0 Å². The molecule has 1 aliphatic rings. The molecule has 0 bridgehead atoms.